The Labute approximate surface area is 98.1 Å². The van der Waals surface area contributed by atoms with E-state index < -0.39 is 0 Å². The SMILES string of the molecule is CNCc1c(C)n(-c2cccc(F)c2)[nH]c1=O. The largest absolute Gasteiger partial charge is 0.315 e. The summed E-state index contributed by atoms with van der Waals surface area (Å²) in [6.07, 6.45) is 0. The number of hydrogen-bond acceptors (Lipinski definition) is 2. The first kappa shape index (κ1) is 11.6. The molecule has 0 amide bonds. The monoisotopic (exact) mass is 235 g/mol. The lowest BCUT2D eigenvalue weighted by Crippen LogP contribution is -2.14. The number of nitrogens with zero attached hydrogens (tertiary/aromatic N) is 1. The Bertz CT molecular complexity index is 586. The molecule has 2 aromatic rings. The van der Waals surface area contributed by atoms with Gasteiger partial charge in [-0.15, -0.1) is 0 Å². The maximum atomic E-state index is 13.1. The summed E-state index contributed by atoms with van der Waals surface area (Å²) in [4.78, 5) is 11.7. The first-order valence-corrected chi connectivity index (χ1v) is 5.34. The second-order valence-electron chi connectivity index (χ2n) is 3.85. The highest BCUT2D eigenvalue weighted by atomic mass is 19.1. The van der Waals surface area contributed by atoms with Crippen LogP contribution in [0.1, 0.15) is 11.3 Å². The van der Waals surface area contributed by atoms with Gasteiger partial charge in [0.15, 0.2) is 0 Å². The van der Waals surface area contributed by atoms with E-state index in [0.29, 0.717) is 17.8 Å². The van der Waals surface area contributed by atoms with E-state index in [2.05, 4.69) is 10.4 Å². The maximum absolute atomic E-state index is 13.1. The predicted octanol–water partition coefficient (Wildman–Crippen LogP) is 1.33. The second kappa shape index (κ2) is 4.55. The summed E-state index contributed by atoms with van der Waals surface area (Å²) < 4.78 is 14.7. The van der Waals surface area contributed by atoms with Gasteiger partial charge in [-0.3, -0.25) is 14.6 Å². The summed E-state index contributed by atoms with van der Waals surface area (Å²) in [5, 5.41) is 5.63. The topological polar surface area (TPSA) is 49.8 Å². The molecule has 0 bridgehead atoms. The van der Waals surface area contributed by atoms with E-state index in [1.165, 1.54) is 12.1 Å². The highest BCUT2D eigenvalue weighted by Crippen LogP contribution is 2.12. The molecule has 2 rings (SSSR count). The first-order valence-electron chi connectivity index (χ1n) is 5.34. The van der Waals surface area contributed by atoms with Crippen molar-refractivity contribution in [3.8, 4) is 5.69 Å². The van der Waals surface area contributed by atoms with Crippen LogP contribution in [0.25, 0.3) is 5.69 Å². The maximum Gasteiger partial charge on any atom is 0.269 e. The molecular formula is C12H14FN3O. The Balaban J connectivity index is 2.54. The fraction of sp³-hybridized carbons (Fsp3) is 0.250. The Kier molecular flexibility index (Phi) is 3.10. The van der Waals surface area contributed by atoms with Crippen LogP contribution in [0.2, 0.25) is 0 Å². The molecule has 0 aliphatic carbocycles. The number of rotatable bonds is 3. The van der Waals surface area contributed by atoms with Crippen molar-refractivity contribution in [1.82, 2.24) is 15.1 Å². The standard InChI is InChI=1S/C12H14FN3O/c1-8-11(7-14-2)12(17)15-16(8)10-5-3-4-9(13)6-10/h3-6,14H,7H2,1-2H3,(H,15,17). The number of H-pyrrole nitrogens is 1. The van der Waals surface area contributed by atoms with Gasteiger partial charge in [-0.1, -0.05) is 6.07 Å². The quantitative estimate of drug-likeness (QED) is 0.843. The summed E-state index contributed by atoms with van der Waals surface area (Å²) in [7, 11) is 1.78. The van der Waals surface area contributed by atoms with E-state index in [4.69, 9.17) is 0 Å². The van der Waals surface area contributed by atoms with Crippen LogP contribution in [-0.4, -0.2) is 16.8 Å². The zero-order chi connectivity index (χ0) is 12.4. The Morgan fingerprint density at radius 1 is 1.47 bits per heavy atom. The van der Waals surface area contributed by atoms with Gasteiger partial charge in [0, 0.05) is 12.2 Å². The zero-order valence-electron chi connectivity index (χ0n) is 9.75. The molecule has 0 atom stereocenters. The third-order valence-electron chi connectivity index (χ3n) is 2.68. The van der Waals surface area contributed by atoms with Crippen LogP contribution in [0, 0.1) is 12.7 Å². The predicted molar refractivity (Wildman–Crippen MR) is 63.8 cm³/mol. The highest BCUT2D eigenvalue weighted by molar-refractivity contribution is 5.35. The van der Waals surface area contributed by atoms with Crippen LogP contribution in [0.4, 0.5) is 4.39 Å². The first-order chi connectivity index (χ1) is 8.13. The molecule has 4 nitrogen and oxygen atoms in total. The number of hydrogen-bond donors (Lipinski definition) is 2. The number of nitrogens with one attached hydrogen (secondary N) is 2. The zero-order valence-corrected chi connectivity index (χ0v) is 9.75. The molecule has 1 aromatic carbocycles. The minimum Gasteiger partial charge on any atom is -0.315 e. The van der Waals surface area contributed by atoms with Crippen molar-refractivity contribution in [2.75, 3.05) is 7.05 Å². The van der Waals surface area contributed by atoms with Gasteiger partial charge in [0.25, 0.3) is 5.56 Å². The highest BCUT2D eigenvalue weighted by Gasteiger charge is 2.11. The fourth-order valence-electron chi connectivity index (χ4n) is 1.81. The summed E-state index contributed by atoms with van der Waals surface area (Å²) in [6.45, 7) is 2.32. The molecular weight excluding hydrogens is 221 g/mol. The van der Waals surface area contributed by atoms with Gasteiger partial charge < -0.3 is 5.32 Å². The van der Waals surface area contributed by atoms with E-state index in [9.17, 15) is 9.18 Å². The molecule has 0 fully saturated rings. The molecule has 1 heterocycles. The van der Waals surface area contributed by atoms with Crippen molar-refractivity contribution >= 4 is 0 Å². The van der Waals surface area contributed by atoms with Crippen LogP contribution in [0.5, 0.6) is 0 Å². The molecule has 2 N–H and O–H groups in total. The minimum absolute atomic E-state index is 0.152. The molecule has 0 radical (unpaired) electrons. The van der Waals surface area contributed by atoms with E-state index in [1.807, 2.05) is 6.92 Å². The van der Waals surface area contributed by atoms with Gasteiger partial charge in [-0.2, -0.15) is 0 Å². The number of halogens is 1. The Hall–Kier alpha value is -1.88. The molecule has 17 heavy (non-hydrogen) atoms. The Morgan fingerprint density at radius 3 is 2.88 bits per heavy atom. The Morgan fingerprint density at radius 2 is 2.24 bits per heavy atom. The van der Waals surface area contributed by atoms with Crippen LogP contribution in [0.3, 0.4) is 0 Å². The second-order valence-corrected chi connectivity index (χ2v) is 3.85. The van der Waals surface area contributed by atoms with Gasteiger partial charge in [0.05, 0.1) is 11.3 Å². The fourth-order valence-corrected chi connectivity index (χ4v) is 1.81. The number of aromatic amines is 1. The molecule has 0 saturated heterocycles. The van der Waals surface area contributed by atoms with Crippen LogP contribution >= 0.6 is 0 Å². The average molecular weight is 235 g/mol. The average Bonchev–Trinajstić information content (AvgIpc) is 2.57. The summed E-state index contributed by atoms with van der Waals surface area (Å²) in [5.74, 6) is -0.327. The lowest BCUT2D eigenvalue weighted by Gasteiger charge is -2.06. The van der Waals surface area contributed by atoms with Crippen LogP contribution < -0.4 is 10.9 Å². The molecule has 0 spiro atoms. The molecule has 0 unspecified atom stereocenters. The van der Waals surface area contributed by atoms with Crippen LogP contribution in [-0.2, 0) is 6.54 Å². The van der Waals surface area contributed by atoms with E-state index >= 15 is 0 Å². The third kappa shape index (κ3) is 2.14. The smallest absolute Gasteiger partial charge is 0.269 e. The minimum atomic E-state index is -0.327. The molecule has 0 aliphatic heterocycles. The number of benzene rings is 1. The van der Waals surface area contributed by atoms with Crippen molar-refractivity contribution in [3.63, 3.8) is 0 Å². The van der Waals surface area contributed by atoms with Gasteiger partial charge in [-0.25, -0.2) is 4.39 Å². The summed E-state index contributed by atoms with van der Waals surface area (Å²) in [6, 6.07) is 6.11. The van der Waals surface area contributed by atoms with Crippen molar-refractivity contribution < 1.29 is 4.39 Å². The van der Waals surface area contributed by atoms with Gasteiger partial charge in [-0.05, 0) is 32.2 Å². The van der Waals surface area contributed by atoms with Crippen molar-refractivity contribution in [2.24, 2.45) is 0 Å². The van der Waals surface area contributed by atoms with Gasteiger partial charge in [0.1, 0.15) is 5.82 Å². The van der Waals surface area contributed by atoms with Crippen molar-refractivity contribution in [1.29, 1.82) is 0 Å². The van der Waals surface area contributed by atoms with Crippen molar-refractivity contribution in [3.05, 3.63) is 51.7 Å². The van der Waals surface area contributed by atoms with E-state index in [-0.39, 0.29) is 11.4 Å². The van der Waals surface area contributed by atoms with E-state index in [0.717, 1.165) is 5.69 Å². The summed E-state index contributed by atoms with van der Waals surface area (Å²) >= 11 is 0. The lowest BCUT2D eigenvalue weighted by atomic mass is 10.2. The third-order valence-corrected chi connectivity index (χ3v) is 2.68. The lowest BCUT2D eigenvalue weighted by molar-refractivity contribution is 0.625. The molecule has 0 saturated carbocycles. The van der Waals surface area contributed by atoms with Crippen molar-refractivity contribution in [2.45, 2.75) is 13.5 Å². The number of aromatic nitrogens is 2. The van der Waals surface area contributed by atoms with Gasteiger partial charge >= 0.3 is 0 Å². The molecule has 90 valence electrons. The molecule has 5 heteroatoms. The summed E-state index contributed by atoms with van der Waals surface area (Å²) in [5.41, 5.74) is 1.91. The van der Waals surface area contributed by atoms with Gasteiger partial charge in [0.2, 0.25) is 0 Å². The normalized spacial score (nSPS) is 10.8. The molecule has 0 aliphatic rings. The van der Waals surface area contributed by atoms with E-state index in [1.54, 1.807) is 23.9 Å². The van der Waals surface area contributed by atoms with Crippen LogP contribution in [0.15, 0.2) is 29.1 Å². The molecule has 1 aromatic heterocycles.